The zero-order valence-corrected chi connectivity index (χ0v) is 9.27. The molecule has 1 aromatic heterocycles. The van der Waals surface area contributed by atoms with Crippen LogP contribution in [-0.2, 0) is 11.3 Å². The molecule has 0 spiro atoms. The second-order valence-corrected chi connectivity index (χ2v) is 4.08. The van der Waals surface area contributed by atoms with Crippen molar-refractivity contribution in [3.05, 3.63) is 33.7 Å². The highest BCUT2D eigenvalue weighted by Crippen LogP contribution is 2.13. The summed E-state index contributed by atoms with van der Waals surface area (Å²) in [6, 6.07) is 3.76. The van der Waals surface area contributed by atoms with E-state index in [1.807, 2.05) is 6.07 Å². The van der Waals surface area contributed by atoms with E-state index in [0.717, 1.165) is 25.0 Å². The Morgan fingerprint density at radius 1 is 1.69 bits per heavy atom. The Bertz CT molecular complexity index is 479. The largest absolute Gasteiger partial charge is 0.376 e. The lowest BCUT2D eigenvalue weighted by Gasteiger charge is -2.12. The van der Waals surface area contributed by atoms with Crippen LogP contribution in [0.15, 0.2) is 17.1 Å². The van der Waals surface area contributed by atoms with Crippen LogP contribution >= 0.6 is 0 Å². The average Bonchev–Trinajstić information content (AvgIpc) is 2.76. The Hall–Kier alpha value is -1.60. The van der Waals surface area contributed by atoms with Gasteiger partial charge in [0.25, 0.3) is 5.56 Å². The van der Waals surface area contributed by atoms with Crippen LogP contribution in [0.2, 0.25) is 0 Å². The van der Waals surface area contributed by atoms with Gasteiger partial charge in [0, 0.05) is 12.8 Å². The lowest BCUT2D eigenvalue weighted by Crippen LogP contribution is -2.28. The first-order valence-electron chi connectivity index (χ1n) is 5.44. The molecule has 1 aromatic rings. The molecule has 1 aliphatic heterocycles. The fourth-order valence-electron chi connectivity index (χ4n) is 1.95. The van der Waals surface area contributed by atoms with Crippen LogP contribution in [0.1, 0.15) is 24.0 Å². The van der Waals surface area contributed by atoms with Crippen molar-refractivity contribution >= 4 is 0 Å². The molecule has 1 aliphatic rings. The third-order valence-electron chi connectivity index (χ3n) is 2.91. The van der Waals surface area contributed by atoms with Crippen LogP contribution in [0.3, 0.4) is 0 Å². The maximum absolute atomic E-state index is 11.9. The molecule has 0 unspecified atom stereocenters. The van der Waals surface area contributed by atoms with E-state index >= 15 is 0 Å². The van der Waals surface area contributed by atoms with Gasteiger partial charge in [-0.15, -0.1) is 0 Å². The van der Waals surface area contributed by atoms with E-state index in [4.69, 9.17) is 10.00 Å². The fourth-order valence-corrected chi connectivity index (χ4v) is 1.95. The molecule has 1 fully saturated rings. The molecule has 16 heavy (non-hydrogen) atoms. The minimum absolute atomic E-state index is 0.118. The maximum Gasteiger partial charge on any atom is 0.268 e. The molecule has 0 radical (unpaired) electrons. The zero-order chi connectivity index (χ0) is 11.5. The van der Waals surface area contributed by atoms with Crippen molar-refractivity contribution < 1.29 is 4.74 Å². The Morgan fingerprint density at radius 2 is 2.50 bits per heavy atom. The van der Waals surface area contributed by atoms with E-state index < -0.39 is 0 Å². The number of hydrogen-bond donors (Lipinski definition) is 0. The van der Waals surface area contributed by atoms with E-state index in [9.17, 15) is 4.79 Å². The molecule has 0 aromatic carbocycles. The first kappa shape index (κ1) is 10.9. The van der Waals surface area contributed by atoms with Crippen LogP contribution in [0.4, 0.5) is 0 Å². The normalized spacial score (nSPS) is 19.6. The molecule has 2 heterocycles. The lowest BCUT2D eigenvalue weighted by atomic mass is 10.1. The SMILES string of the molecule is Cc1ccn(C[C@@H]2CCCO2)c(=O)c1C#N. The summed E-state index contributed by atoms with van der Waals surface area (Å²) in [5, 5.41) is 8.89. The number of pyridine rings is 1. The quantitative estimate of drug-likeness (QED) is 0.749. The van der Waals surface area contributed by atoms with Gasteiger partial charge in [0.2, 0.25) is 0 Å². The predicted octanol–water partition coefficient (Wildman–Crippen LogP) is 1.21. The molecular formula is C12H14N2O2. The van der Waals surface area contributed by atoms with Crippen molar-refractivity contribution in [3.63, 3.8) is 0 Å². The van der Waals surface area contributed by atoms with Gasteiger partial charge in [-0.05, 0) is 31.4 Å². The van der Waals surface area contributed by atoms with Crippen LogP contribution in [0.25, 0.3) is 0 Å². The summed E-state index contributed by atoms with van der Waals surface area (Å²) in [6.07, 6.45) is 3.89. The summed E-state index contributed by atoms with van der Waals surface area (Å²) in [5.41, 5.74) is 0.759. The van der Waals surface area contributed by atoms with Gasteiger partial charge < -0.3 is 9.30 Å². The second-order valence-electron chi connectivity index (χ2n) is 4.08. The third kappa shape index (κ3) is 2.00. The van der Waals surface area contributed by atoms with Crippen molar-refractivity contribution in [1.82, 2.24) is 4.57 Å². The molecule has 0 bridgehead atoms. The van der Waals surface area contributed by atoms with Gasteiger partial charge in [0.15, 0.2) is 0 Å². The number of rotatable bonds is 2. The van der Waals surface area contributed by atoms with Gasteiger partial charge in [0.05, 0.1) is 12.6 Å². The number of hydrogen-bond acceptors (Lipinski definition) is 3. The van der Waals surface area contributed by atoms with Crippen LogP contribution in [0.5, 0.6) is 0 Å². The van der Waals surface area contributed by atoms with E-state index in [0.29, 0.717) is 6.54 Å². The number of nitriles is 1. The average molecular weight is 218 g/mol. The standard InChI is InChI=1S/C12H14N2O2/c1-9-4-5-14(12(15)11(9)7-13)8-10-3-2-6-16-10/h4-5,10H,2-3,6,8H2,1H3/t10-/m0/s1. The molecule has 0 saturated carbocycles. The first-order valence-corrected chi connectivity index (χ1v) is 5.44. The molecular weight excluding hydrogens is 204 g/mol. The van der Waals surface area contributed by atoms with Crippen molar-refractivity contribution in [2.45, 2.75) is 32.4 Å². The third-order valence-corrected chi connectivity index (χ3v) is 2.91. The summed E-state index contributed by atoms with van der Waals surface area (Å²) in [5.74, 6) is 0. The van der Waals surface area contributed by atoms with Crippen molar-refractivity contribution in [2.24, 2.45) is 0 Å². The number of ether oxygens (including phenoxy) is 1. The number of aromatic nitrogens is 1. The Kier molecular flexibility index (Phi) is 3.07. The molecule has 4 nitrogen and oxygen atoms in total. The summed E-state index contributed by atoms with van der Waals surface area (Å²) in [4.78, 5) is 11.9. The van der Waals surface area contributed by atoms with Gasteiger partial charge >= 0.3 is 0 Å². The van der Waals surface area contributed by atoms with Gasteiger partial charge in [-0.3, -0.25) is 4.79 Å². The van der Waals surface area contributed by atoms with Crippen molar-refractivity contribution in [3.8, 4) is 6.07 Å². The molecule has 84 valence electrons. The van der Waals surface area contributed by atoms with Gasteiger partial charge in [-0.2, -0.15) is 5.26 Å². The highest BCUT2D eigenvalue weighted by molar-refractivity contribution is 5.33. The monoisotopic (exact) mass is 218 g/mol. The van der Waals surface area contributed by atoms with Gasteiger partial charge in [-0.25, -0.2) is 0 Å². The Labute approximate surface area is 94.1 Å². The summed E-state index contributed by atoms with van der Waals surface area (Å²) in [7, 11) is 0. The minimum Gasteiger partial charge on any atom is -0.376 e. The second kappa shape index (κ2) is 4.50. The molecule has 0 aliphatic carbocycles. The molecule has 2 rings (SSSR count). The first-order chi connectivity index (χ1) is 7.72. The Morgan fingerprint density at radius 3 is 3.12 bits per heavy atom. The molecule has 4 heteroatoms. The number of nitrogens with zero attached hydrogens (tertiary/aromatic N) is 2. The van der Waals surface area contributed by atoms with Crippen LogP contribution < -0.4 is 5.56 Å². The highest BCUT2D eigenvalue weighted by Gasteiger charge is 2.17. The van der Waals surface area contributed by atoms with E-state index in [-0.39, 0.29) is 17.2 Å². The summed E-state index contributed by atoms with van der Waals surface area (Å²) < 4.78 is 7.04. The van der Waals surface area contributed by atoms with Gasteiger partial charge in [-0.1, -0.05) is 0 Å². The van der Waals surface area contributed by atoms with Crippen LogP contribution in [0, 0.1) is 18.3 Å². The smallest absolute Gasteiger partial charge is 0.268 e. The van der Waals surface area contributed by atoms with E-state index in [2.05, 4.69) is 0 Å². The van der Waals surface area contributed by atoms with Crippen molar-refractivity contribution in [1.29, 1.82) is 5.26 Å². The topological polar surface area (TPSA) is 55.0 Å². The highest BCUT2D eigenvalue weighted by atomic mass is 16.5. The van der Waals surface area contributed by atoms with Crippen LogP contribution in [-0.4, -0.2) is 17.3 Å². The fraction of sp³-hybridized carbons (Fsp3) is 0.500. The summed E-state index contributed by atoms with van der Waals surface area (Å²) >= 11 is 0. The van der Waals surface area contributed by atoms with Gasteiger partial charge in [0.1, 0.15) is 11.6 Å². The lowest BCUT2D eigenvalue weighted by molar-refractivity contribution is 0.0961. The van der Waals surface area contributed by atoms with Crippen molar-refractivity contribution in [2.75, 3.05) is 6.61 Å². The van der Waals surface area contributed by atoms with E-state index in [1.54, 1.807) is 23.8 Å². The maximum atomic E-state index is 11.9. The number of aryl methyl sites for hydroxylation is 1. The zero-order valence-electron chi connectivity index (χ0n) is 9.27. The molecule has 0 N–H and O–H groups in total. The molecule has 0 amide bonds. The molecule has 1 atom stereocenters. The Balaban J connectivity index is 2.28. The molecule has 1 saturated heterocycles. The summed E-state index contributed by atoms with van der Waals surface area (Å²) in [6.45, 7) is 3.10. The predicted molar refractivity (Wildman–Crippen MR) is 59.1 cm³/mol. The minimum atomic E-state index is -0.210. The van der Waals surface area contributed by atoms with E-state index in [1.165, 1.54) is 0 Å².